The molecule has 20 heavy (non-hydrogen) atoms. The number of nitrogens with zero attached hydrogens (tertiary/aromatic N) is 1. The summed E-state index contributed by atoms with van der Waals surface area (Å²) in [6, 6.07) is 3.22. The van der Waals surface area contributed by atoms with Crippen molar-refractivity contribution in [3.8, 4) is 0 Å². The molecule has 1 aromatic rings. The number of rotatable bonds is 2. The lowest BCUT2D eigenvalue weighted by atomic mass is 10.1. The van der Waals surface area contributed by atoms with Crippen molar-refractivity contribution in [2.75, 3.05) is 0 Å². The molecule has 1 aliphatic rings. The van der Waals surface area contributed by atoms with Gasteiger partial charge in [-0.25, -0.2) is 17.2 Å². The maximum absolute atomic E-state index is 13.4. The summed E-state index contributed by atoms with van der Waals surface area (Å²) < 4.78 is 51.0. The molecule has 0 atom stereocenters. The van der Waals surface area contributed by atoms with E-state index in [-0.39, 0.29) is 17.6 Å². The Labute approximate surface area is 116 Å². The number of hydrogen-bond acceptors (Lipinski definition) is 5. The summed E-state index contributed by atoms with van der Waals surface area (Å²) in [6.45, 7) is 3.37. The van der Waals surface area contributed by atoms with Gasteiger partial charge in [-0.2, -0.15) is 0 Å². The molecule has 0 aromatic heterocycles. The highest BCUT2D eigenvalue weighted by molar-refractivity contribution is 8.05. The molecule has 0 aliphatic carbocycles. The van der Waals surface area contributed by atoms with Crippen molar-refractivity contribution in [1.82, 2.24) is 6.15 Å². The molecule has 0 unspecified atom stereocenters. The minimum Gasteiger partial charge on any atom is -0.389 e. The Kier molecular flexibility index (Phi) is 4.50. The van der Waals surface area contributed by atoms with Crippen LogP contribution < -0.4 is 6.15 Å². The third-order valence-corrected chi connectivity index (χ3v) is 4.33. The van der Waals surface area contributed by atoms with Crippen molar-refractivity contribution < 1.29 is 22.0 Å². The topological polar surface area (TPSA) is 90.7 Å². The highest BCUT2D eigenvalue weighted by Crippen LogP contribution is 2.27. The predicted molar refractivity (Wildman–Crippen MR) is 71.2 cm³/mol. The second kappa shape index (κ2) is 5.45. The monoisotopic (exact) mass is 306 g/mol. The zero-order chi connectivity index (χ0) is 14.3. The van der Waals surface area contributed by atoms with E-state index in [1.165, 1.54) is 6.07 Å². The van der Waals surface area contributed by atoms with Crippen LogP contribution in [0.3, 0.4) is 0 Å². The summed E-state index contributed by atoms with van der Waals surface area (Å²) in [5, 5.41) is 3.32. The van der Waals surface area contributed by atoms with E-state index in [4.69, 9.17) is 4.84 Å². The molecule has 1 heterocycles. The molecule has 1 aromatic carbocycles. The maximum atomic E-state index is 13.4. The van der Waals surface area contributed by atoms with Crippen LogP contribution in [0.2, 0.25) is 0 Å². The molecule has 112 valence electrons. The van der Waals surface area contributed by atoms with Crippen molar-refractivity contribution >= 4 is 14.9 Å². The number of hydrogen-bond donors (Lipinski definition) is 1. The normalized spacial score (nSPS) is 17.1. The lowest BCUT2D eigenvalue weighted by molar-refractivity contribution is 0.0123. The SMILES string of the molecule is CC1(C)CC(S(=O)(=O)Cc2c(F)cccc2F)=NO1.N. The third kappa shape index (κ3) is 3.31. The zero-order valence-corrected chi connectivity index (χ0v) is 12.0. The fourth-order valence-corrected chi connectivity index (χ4v) is 3.25. The Morgan fingerprint density at radius 1 is 1.30 bits per heavy atom. The molecule has 0 fully saturated rings. The Bertz CT molecular complexity index is 622. The Hall–Kier alpha value is -1.54. The molecule has 1 aliphatic heterocycles. The molecule has 2 rings (SSSR count). The number of oxime groups is 1. The summed E-state index contributed by atoms with van der Waals surface area (Å²) in [5.74, 6) is -2.53. The van der Waals surface area contributed by atoms with Crippen LogP contribution in [0.25, 0.3) is 0 Å². The Morgan fingerprint density at radius 3 is 2.30 bits per heavy atom. The molecule has 8 heteroatoms. The molecule has 3 N–H and O–H groups in total. The first kappa shape index (κ1) is 16.5. The zero-order valence-electron chi connectivity index (χ0n) is 11.2. The fraction of sp³-hybridized carbons (Fsp3) is 0.417. The van der Waals surface area contributed by atoms with Crippen molar-refractivity contribution in [2.24, 2.45) is 5.16 Å². The smallest absolute Gasteiger partial charge is 0.199 e. The van der Waals surface area contributed by atoms with Gasteiger partial charge < -0.3 is 11.0 Å². The van der Waals surface area contributed by atoms with Crippen LogP contribution in [0.5, 0.6) is 0 Å². The van der Waals surface area contributed by atoms with Gasteiger partial charge in [-0.05, 0) is 26.0 Å². The predicted octanol–water partition coefficient (Wildman–Crippen LogP) is 2.55. The van der Waals surface area contributed by atoms with Crippen LogP contribution >= 0.6 is 0 Å². The van der Waals surface area contributed by atoms with Gasteiger partial charge in [-0.3, -0.25) is 0 Å². The summed E-state index contributed by atoms with van der Waals surface area (Å²) in [7, 11) is -3.88. The number of benzene rings is 1. The van der Waals surface area contributed by atoms with Crippen molar-refractivity contribution in [3.63, 3.8) is 0 Å². The van der Waals surface area contributed by atoms with Crippen LogP contribution in [-0.2, 0) is 20.4 Å². The van der Waals surface area contributed by atoms with Gasteiger partial charge >= 0.3 is 0 Å². The molecule has 0 amide bonds. The largest absolute Gasteiger partial charge is 0.389 e. The van der Waals surface area contributed by atoms with Crippen molar-refractivity contribution in [2.45, 2.75) is 31.6 Å². The van der Waals surface area contributed by atoms with E-state index in [0.29, 0.717) is 0 Å². The molecular weight excluding hydrogens is 290 g/mol. The van der Waals surface area contributed by atoms with Crippen LogP contribution in [0.15, 0.2) is 23.4 Å². The molecule has 0 bridgehead atoms. The number of halogens is 2. The molecule has 5 nitrogen and oxygen atoms in total. The van der Waals surface area contributed by atoms with Gasteiger partial charge in [-0.1, -0.05) is 11.2 Å². The maximum Gasteiger partial charge on any atom is 0.199 e. The van der Waals surface area contributed by atoms with E-state index in [1.54, 1.807) is 13.8 Å². The van der Waals surface area contributed by atoms with Gasteiger partial charge in [0.15, 0.2) is 14.9 Å². The van der Waals surface area contributed by atoms with Gasteiger partial charge in [0.25, 0.3) is 0 Å². The Morgan fingerprint density at radius 2 is 1.85 bits per heavy atom. The summed E-state index contributed by atoms with van der Waals surface area (Å²) >= 11 is 0. The standard InChI is InChI=1S/C12H13F2NO3S.H3N/c1-12(2)6-11(15-18-12)19(16,17)7-8-9(13)4-3-5-10(8)14;/h3-5H,6-7H2,1-2H3;1H3. The average Bonchev–Trinajstić information content (AvgIpc) is 2.65. The highest BCUT2D eigenvalue weighted by atomic mass is 32.2. The summed E-state index contributed by atoms with van der Waals surface area (Å²) in [4.78, 5) is 4.96. The van der Waals surface area contributed by atoms with Crippen LogP contribution in [-0.4, -0.2) is 19.1 Å². The first-order chi connectivity index (χ1) is 8.71. The molecular formula is C12H16F2N2O3S. The van der Waals surface area contributed by atoms with E-state index in [0.717, 1.165) is 12.1 Å². The summed E-state index contributed by atoms with van der Waals surface area (Å²) in [5.41, 5.74) is -1.19. The lowest BCUT2D eigenvalue weighted by Gasteiger charge is -2.13. The first-order valence-electron chi connectivity index (χ1n) is 5.62. The quantitative estimate of drug-likeness (QED) is 0.909. The molecule has 0 saturated carbocycles. The number of sulfone groups is 1. The molecule has 0 radical (unpaired) electrons. The second-order valence-electron chi connectivity index (χ2n) is 4.97. The fourth-order valence-electron chi connectivity index (χ4n) is 1.71. The second-order valence-corrected chi connectivity index (χ2v) is 6.96. The third-order valence-electron chi connectivity index (χ3n) is 2.73. The first-order valence-corrected chi connectivity index (χ1v) is 7.27. The Balaban J connectivity index is 0.00000200. The van der Waals surface area contributed by atoms with Crippen molar-refractivity contribution in [1.29, 1.82) is 0 Å². The van der Waals surface area contributed by atoms with E-state index >= 15 is 0 Å². The van der Waals surface area contributed by atoms with Gasteiger partial charge in [-0.15, -0.1) is 0 Å². The summed E-state index contributed by atoms with van der Waals surface area (Å²) in [6.07, 6.45) is 0.0887. The van der Waals surface area contributed by atoms with Gasteiger partial charge in [0.1, 0.15) is 17.2 Å². The van der Waals surface area contributed by atoms with E-state index in [9.17, 15) is 17.2 Å². The minimum absolute atomic E-state index is 0. The van der Waals surface area contributed by atoms with E-state index in [1.807, 2.05) is 0 Å². The van der Waals surface area contributed by atoms with Crippen LogP contribution in [0.4, 0.5) is 8.78 Å². The minimum atomic E-state index is -3.88. The van der Waals surface area contributed by atoms with Crippen LogP contribution in [0.1, 0.15) is 25.8 Å². The van der Waals surface area contributed by atoms with E-state index in [2.05, 4.69) is 5.16 Å². The van der Waals surface area contributed by atoms with Crippen molar-refractivity contribution in [3.05, 3.63) is 35.4 Å². The van der Waals surface area contributed by atoms with Crippen LogP contribution in [0, 0.1) is 11.6 Å². The lowest BCUT2D eigenvalue weighted by Crippen LogP contribution is -2.23. The average molecular weight is 306 g/mol. The van der Waals surface area contributed by atoms with Gasteiger partial charge in [0.05, 0.1) is 5.75 Å². The van der Waals surface area contributed by atoms with E-state index < -0.39 is 38.4 Å². The highest BCUT2D eigenvalue weighted by Gasteiger charge is 2.36. The van der Waals surface area contributed by atoms with Gasteiger partial charge in [0, 0.05) is 12.0 Å². The molecule has 0 saturated heterocycles. The van der Waals surface area contributed by atoms with Gasteiger partial charge in [0.2, 0.25) is 0 Å². The molecule has 0 spiro atoms.